The number of ether oxygens (including phenoxy) is 1. The average Bonchev–Trinajstić information content (AvgIpc) is 3.38. The fraction of sp³-hybridized carbons (Fsp3) is 0.391. The fourth-order valence-corrected chi connectivity index (χ4v) is 4.70. The number of carbonyl (C=O) groups is 2. The molecule has 3 aromatic rings. The van der Waals surface area contributed by atoms with E-state index in [-0.39, 0.29) is 11.8 Å². The van der Waals surface area contributed by atoms with Crippen molar-refractivity contribution < 1.29 is 14.3 Å². The lowest BCUT2D eigenvalue weighted by molar-refractivity contribution is -0.131. The van der Waals surface area contributed by atoms with E-state index < -0.39 is 5.54 Å². The van der Waals surface area contributed by atoms with Crippen LogP contribution in [0, 0.1) is 0 Å². The van der Waals surface area contributed by atoms with Gasteiger partial charge in [0, 0.05) is 32.0 Å². The van der Waals surface area contributed by atoms with Gasteiger partial charge < -0.3 is 15.0 Å². The number of fused-ring (bicyclic) bond motifs is 1. The number of aromatic nitrogens is 2. The Morgan fingerprint density at radius 1 is 1.19 bits per heavy atom. The third kappa shape index (κ3) is 5.02. The second-order valence-electron chi connectivity index (χ2n) is 8.19. The standard InChI is InChI=1S/C23H26N4O3S/c1-27(15-17-6-7-19-20(13-17)26-31-25-19)22(29)9-11-23(10-8-21(28)24-23)14-16-4-3-5-18(12-16)30-2/h3-7,12-13H,8-11,14-15H2,1-2H3,(H,24,28). The summed E-state index contributed by atoms with van der Waals surface area (Å²) < 4.78 is 13.8. The van der Waals surface area contributed by atoms with Crippen molar-refractivity contribution in [3.8, 4) is 5.75 Å². The molecule has 0 spiro atoms. The molecule has 1 N–H and O–H groups in total. The summed E-state index contributed by atoms with van der Waals surface area (Å²) in [4.78, 5) is 26.6. The molecule has 0 aliphatic carbocycles. The molecule has 1 aliphatic heterocycles. The lowest BCUT2D eigenvalue weighted by Gasteiger charge is -2.30. The van der Waals surface area contributed by atoms with E-state index in [9.17, 15) is 9.59 Å². The SMILES string of the molecule is COc1cccc(CC2(CCC(=O)N(C)Cc3ccc4nsnc4c3)CCC(=O)N2)c1. The van der Waals surface area contributed by atoms with Gasteiger partial charge in [0.15, 0.2) is 0 Å². The van der Waals surface area contributed by atoms with Gasteiger partial charge in [-0.3, -0.25) is 9.59 Å². The maximum atomic E-state index is 12.9. The molecule has 0 saturated carbocycles. The summed E-state index contributed by atoms with van der Waals surface area (Å²) in [6, 6.07) is 13.8. The summed E-state index contributed by atoms with van der Waals surface area (Å²) in [5.74, 6) is 0.900. The van der Waals surface area contributed by atoms with Crippen LogP contribution in [-0.2, 0) is 22.6 Å². The highest BCUT2D eigenvalue weighted by atomic mass is 32.1. The quantitative estimate of drug-likeness (QED) is 0.583. The molecule has 2 amide bonds. The summed E-state index contributed by atoms with van der Waals surface area (Å²) in [6.07, 6.45) is 2.89. The Morgan fingerprint density at radius 2 is 2.03 bits per heavy atom. The Morgan fingerprint density at radius 3 is 2.81 bits per heavy atom. The molecule has 1 unspecified atom stereocenters. The van der Waals surface area contributed by atoms with Gasteiger partial charge in [-0.25, -0.2) is 0 Å². The minimum atomic E-state index is -0.398. The minimum absolute atomic E-state index is 0.0499. The number of carbonyl (C=O) groups excluding carboxylic acids is 2. The van der Waals surface area contributed by atoms with Crippen LogP contribution in [0.5, 0.6) is 5.75 Å². The van der Waals surface area contributed by atoms with Crippen molar-refractivity contribution in [2.75, 3.05) is 14.2 Å². The number of amides is 2. The van der Waals surface area contributed by atoms with Crippen LogP contribution in [0.4, 0.5) is 0 Å². The number of hydrogen-bond donors (Lipinski definition) is 1. The zero-order valence-corrected chi connectivity index (χ0v) is 18.6. The summed E-state index contributed by atoms with van der Waals surface area (Å²) in [5, 5.41) is 3.15. The number of benzene rings is 2. The highest BCUT2D eigenvalue weighted by Crippen LogP contribution is 2.31. The molecular weight excluding hydrogens is 412 g/mol. The Bertz CT molecular complexity index is 1100. The molecular formula is C23H26N4O3S. The molecule has 7 nitrogen and oxygen atoms in total. The van der Waals surface area contributed by atoms with Crippen molar-refractivity contribution in [3.63, 3.8) is 0 Å². The second kappa shape index (κ2) is 9.01. The molecule has 2 aromatic carbocycles. The van der Waals surface area contributed by atoms with Crippen LogP contribution < -0.4 is 10.1 Å². The predicted molar refractivity (Wildman–Crippen MR) is 120 cm³/mol. The van der Waals surface area contributed by atoms with Gasteiger partial charge in [-0.1, -0.05) is 18.2 Å². The maximum absolute atomic E-state index is 12.9. The van der Waals surface area contributed by atoms with Crippen LogP contribution in [-0.4, -0.2) is 45.2 Å². The van der Waals surface area contributed by atoms with E-state index in [4.69, 9.17) is 4.74 Å². The van der Waals surface area contributed by atoms with Crippen LogP contribution in [0.25, 0.3) is 11.0 Å². The molecule has 0 bridgehead atoms. The molecule has 1 saturated heterocycles. The van der Waals surface area contributed by atoms with Gasteiger partial charge in [0.1, 0.15) is 16.8 Å². The molecule has 1 atom stereocenters. The molecule has 1 fully saturated rings. The third-order valence-electron chi connectivity index (χ3n) is 5.89. The number of methoxy groups -OCH3 is 1. The van der Waals surface area contributed by atoms with Crippen LogP contribution in [0.2, 0.25) is 0 Å². The molecule has 2 heterocycles. The highest BCUT2D eigenvalue weighted by Gasteiger charge is 2.38. The van der Waals surface area contributed by atoms with Crippen molar-refractivity contribution in [1.82, 2.24) is 19.0 Å². The minimum Gasteiger partial charge on any atom is -0.497 e. The first-order valence-electron chi connectivity index (χ1n) is 10.4. The molecule has 0 radical (unpaired) electrons. The maximum Gasteiger partial charge on any atom is 0.222 e. The summed E-state index contributed by atoms with van der Waals surface area (Å²) in [6.45, 7) is 0.515. The lowest BCUT2D eigenvalue weighted by Crippen LogP contribution is -2.44. The van der Waals surface area contributed by atoms with Crippen molar-refractivity contribution in [2.24, 2.45) is 0 Å². The number of rotatable bonds is 8. The Kier molecular flexibility index (Phi) is 6.18. The first-order chi connectivity index (χ1) is 15.0. The largest absolute Gasteiger partial charge is 0.497 e. The van der Waals surface area contributed by atoms with Crippen LogP contribution >= 0.6 is 11.7 Å². The topological polar surface area (TPSA) is 84.4 Å². The molecule has 1 aliphatic rings. The summed E-state index contributed by atoms with van der Waals surface area (Å²) in [7, 11) is 3.46. The van der Waals surface area contributed by atoms with E-state index in [1.807, 2.05) is 49.5 Å². The van der Waals surface area contributed by atoms with Crippen molar-refractivity contribution in [2.45, 2.75) is 44.2 Å². The summed E-state index contributed by atoms with van der Waals surface area (Å²) >= 11 is 1.19. The zero-order valence-electron chi connectivity index (χ0n) is 17.8. The van der Waals surface area contributed by atoms with Crippen molar-refractivity contribution in [1.29, 1.82) is 0 Å². The van der Waals surface area contributed by atoms with E-state index >= 15 is 0 Å². The first-order valence-corrected chi connectivity index (χ1v) is 11.1. The van der Waals surface area contributed by atoms with Crippen LogP contribution in [0.3, 0.4) is 0 Å². The normalized spacial score (nSPS) is 18.2. The first kappa shape index (κ1) is 21.2. The number of nitrogens with zero attached hydrogens (tertiary/aromatic N) is 3. The second-order valence-corrected chi connectivity index (χ2v) is 8.72. The molecule has 162 valence electrons. The van der Waals surface area contributed by atoms with Gasteiger partial charge >= 0.3 is 0 Å². The van der Waals surface area contributed by atoms with Gasteiger partial charge in [-0.15, -0.1) is 0 Å². The summed E-state index contributed by atoms with van der Waals surface area (Å²) in [5.41, 5.74) is 3.45. The van der Waals surface area contributed by atoms with Gasteiger partial charge in [-0.05, 0) is 54.7 Å². The van der Waals surface area contributed by atoms with Crippen LogP contribution in [0.1, 0.15) is 36.8 Å². The van der Waals surface area contributed by atoms with E-state index in [2.05, 4.69) is 14.1 Å². The van der Waals surface area contributed by atoms with E-state index in [1.54, 1.807) is 12.0 Å². The van der Waals surface area contributed by atoms with Gasteiger partial charge in [-0.2, -0.15) is 8.75 Å². The average molecular weight is 439 g/mol. The predicted octanol–water partition coefficient (Wildman–Crippen LogP) is 3.33. The molecule has 31 heavy (non-hydrogen) atoms. The zero-order chi connectivity index (χ0) is 21.8. The Labute approximate surface area is 185 Å². The number of hydrogen-bond acceptors (Lipinski definition) is 6. The van der Waals surface area contributed by atoms with Gasteiger partial charge in [0.25, 0.3) is 0 Å². The van der Waals surface area contributed by atoms with Gasteiger partial charge in [0.05, 0.1) is 18.8 Å². The smallest absolute Gasteiger partial charge is 0.222 e. The number of nitrogens with one attached hydrogen (secondary N) is 1. The monoisotopic (exact) mass is 438 g/mol. The Hall–Kier alpha value is -3.00. The molecule has 8 heteroatoms. The Balaban J connectivity index is 1.40. The third-order valence-corrected chi connectivity index (χ3v) is 6.45. The van der Waals surface area contributed by atoms with E-state index in [1.165, 1.54) is 11.7 Å². The van der Waals surface area contributed by atoms with Crippen LogP contribution in [0.15, 0.2) is 42.5 Å². The van der Waals surface area contributed by atoms with Gasteiger partial charge in [0.2, 0.25) is 11.8 Å². The molecule has 4 rings (SSSR count). The van der Waals surface area contributed by atoms with Crippen molar-refractivity contribution in [3.05, 3.63) is 53.6 Å². The highest BCUT2D eigenvalue weighted by molar-refractivity contribution is 7.00. The molecule has 1 aromatic heterocycles. The lowest BCUT2D eigenvalue weighted by atomic mass is 9.85. The van der Waals surface area contributed by atoms with E-state index in [0.29, 0.717) is 32.2 Å². The van der Waals surface area contributed by atoms with E-state index in [0.717, 1.165) is 34.3 Å². The fourth-order valence-electron chi connectivity index (χ4n) is 4.18. The van der Waals surface area contributed by atoms with Crippen molar-refractivity contribution >= 4 is 34.6 Å².